The van der Waals surface area contributed by atoms with Crippen LogP contribution in [0.2, 0.25) is 0 Å². The molecular formula is C13H15BrN2O. The molecule has 2 N–H and O–H groups in total. The summed E-state index contributed by atoms with van der Waals surface area (Å²) in [6, 6.07) is 6.15. The van der Waals surface area contributed by atoms with Gasteiger partial charge in [-0.2, -0.15) is 0 Å². The monoisotopic (exact) mass is 294 g/mol. The van der Waals surface area contributed by atoms with Gasteiger partial charge in [0.25, 0.3) is 0 Å². The van der Waals surface area contributed by atoms with Crippen molar-refractivity contribution in [3.63, 3.8) is 0 Å². The zero-order chi connectivity index (χ0) is 11.9. The largest absolute Gasteiger partial charge is 0.326 e. The molecule has 3 nitrogen and oxygen atoms in total. The van der Waals surface area contributed by atoms with Crippen molar-refractivity contribution in [1.29, 1.82) is 0 Å². The van der Waals surface area contributed by atoms with Gasteiger partial charge >= 0.3 is 0 Å². The Hall–Kier alpha value is -0.870. The minimum Gasteiger partial charge on any atom is -0.326 e. The smallest absolute Gasteiger partial charge is 0.225 e. The lowest BCUT2D eigenvalue weighted by molar-refractivity contribution is -0.118. The van der Waals surface area contributed by atoms with Crippen LogP contribution in [0.3, 0.4) is 0 Å². The van der Waals surface area contributed by atoms with Gasteiger partial charge in [-0.3, -0.25) is 4.79 Å². The summed E-state index contributed by atoms with van der Waals surface area (Å²) < 4.78 is 1.09. The number of benzene rings is 1. The summed E-state index contributed by atoms with van der Waals surface area (Å²) in [6.07, 6.45) is 2.71. The van der Waals surface area contributed by atoms with Crippen LogP contribution in [-0.4, -0.2) is 19.0 Å². The number of hydrogen-bond donors (Lipinski definition) is 2. The van der Waals surface area contributed by atoms with E-state index in [2.05, 4.69) is 32.6 Å². The molecule has 1 fully saturated rings. The van der Waals surface area contributed by atoms with Crippen LogP contribution in [0.15, 0.2) is 22.7 Å². The molecule has 0 aromatic heterocycles. The van der Waals surface area contributed by atoms with Crippen LogP contribution in [-0.2, 0) is 10.2 Å². The van der Waals surface area contributed by atoms with E-state index in [0.29, 0.717) is 6.42 Å². The molecular weight excluding hydrogens is 280 g/mol. The molecule has 2 aliphatic rings. The van der Waals surface area contributed by atoms with E-state index < -0.39 is 0 Å². The van der Waals surface area contributed by atoms with E-state index in [4.69, 9.17) is 0 Å². The molecule has 4 heteroatoms. The summed E-state index contributed by atoms with van der Waals surface area (Å²) in [7, 11) is 0. The van der Waals surface area contributed by atoms with Crippen LogP contribution < -0.4 is 10.6 Å². The predicted molar refractivity (Wildman–Crippen MR) is 71.2 cm³/mol. The second-order valence-corrected chi connectivity index (χ2v) is 5.86. The van der Waals surface area contributed by atoms with Crippen LogP contribution in [0.5, 0.6) is 0 Å². The Labute approximate surface area is 109 Å². The molecule has 1 saturated heterocycles. The molecule has 1 spiro atoms. The number of fused-ring (bicyclic) bond motifs is 2. The van der Waals surface area contributed by atoms with E-state index in [9.17, 15) is 4.79 Å². The highest BCUT2D eigenvalue weighted by Crippen LogP contribution is 2.44. The molecule has 0 radical (unpaired) electrons. The minimum absolute atomic E-state index is 0.0483. The van der Waals surface area contributed by atoms with Crippen molar-refractivity contribution in [2.45, 2.75) is 24.7 Å². The second kappa shape index (κ2) is 4.10. The van der Waals surface area contributed by atoms with Crippen LogP contribution >= 0.6 is 15.9 Å². The molecule has 2 heterocycles. The average Bonchev–Trinajstić information content (AvgIpc) is 2.31. The zero-order valence-corrected chi connectivity index (χ0v) is 11.1. The van der Waals surface area contributed by atoms with Crippen LogP contribution in [0.4, 0.5) is 5.69 Å². The fourth-order valence-electron chi connectivity index (χ4n) is 3.01. The third-order valence-electron chi connectivity index (χ3n) is 3.89. The average molecular weight is 295 g/mol. The van der Waals surface area contributed by atoms with Crippen LogP contribution in [0.25, 0.3) is 0 Å². The minimum atomic E-state index is 0.0483. The van der Waals surface area contributed by atoms with Gasteiger partial charge in [0.1, 0.15) is 0 Å². The van der Waals surface area contributed by atoms with Crippen LogP contribution in [0.1, 0.15) is 24.8 Å². The molecule has 0 aliphatic carbocycles. The zero-order valence-electron chi connectivity index (χ0n) is 9.55. The SMILES string of the molecule is O=C1CC2(CCNCC2)c2cc(Br)ccc2N1. The Bertz CT molecular complexity index is 466. The van der Waals surface area contributed by atoms with Crippen molar-refractivity contribution in [1.82, 2.24) is 5.32 Å². The lowest BCUT2D eigenvalue weighted by atomic mass is 9.68. The summed E-state index contributed by atoms with van der Waals surface area (Å²) >= 11 is 3.53. The van der Waals surface area contributed by atoms with E-state index in [1.54, 1.807) is 0 Å². The van der Waals surface area contributed by atoms with Gasteiger partial charge in [0.2, 0.25) is 5.91 Å². The summed E-state index contributed by atoms with van der Waals surface area (Å²) in [4.78, 5) is 11.8. The number of carbonyl (C=O) groups is 1. The summed E-state index contributed by atoms with van der Waals surface area (Å²) in [5.74, 6) is 0.154. The molecule has 1 aromatic carbocycles. The van der Waals surface area contributed by atoms with Gasteiger partial charge in [-0.25, -0.2) is 0 Å². The molecule has 2 aliphatic heterocycles. The molecule has 17 heavy (non-hydrogen) atoms. The maximum Gasteiger partial charge on any atom is 0.225 e. The lowest BCUT2D eigenvalue weighted by Gasteiger charge is -2.41. The molecule has 0 saturated carbocycles. The van der Waals surface area contributed by atoms with Crippen molar-refractivity contribution in [3.05, 3.63) is 28.2 Å². The normalized spacial score (nSPS) is 22.1. The Morgan fingerprint density at radius 2 is 2.00 bits per heavy atom. The molecule has 90 valence electrons. The molecule has 1 aromatic rings. The predicted octanol–water partition coefficient (Wildman–Crippen LogP) is 2.41. The fraction of sp³-hybridized carbons (Fsp3) is 0.462. The molecule has 3 rings (SSSR count). The molecule has 0 unspecified atom stereocenters. The first-order valence-corrected chi connectivity index (χ1v) is 6.80. The van der Waals surface area contributed by atoms with Crippen molar-refractivity contribution < 1.29 is 4.79 Å². The number of piperidine rings is 1. The van der Waals surface area contributed by atoms with Gasteiger partial charge in [-0.15, -0.1) is 0 Å². The van der Waals surface area contributed by atoms with Gasteiger partial charge in [0.05, 0.1) is 0 Å². The van der Waals surface area contributed by atoms with Crippen molar-refractivity contribution >= 4 is 27.5 Å². The topological polar surface area (TPSA) is 41.1 Å². The van der Waals surface area contributed by atoms with Gasteiger partial charge in [-0.05, 0) is 49.7 Å². The number of nitrogens with one attached hydrogen (secondary N) is 2. The third kappa shape index (κ3) is 1.89. The van der Waals surface area contributed by atoms with Gasteiger partial charge < -0.3 is 10.6 Å². The number of carbonyl (C=O) groups excluding carboxylic acids is 1. The highest BCUT2D eigenvalue weighted by Gasteiger charge is 2.40. The molecule has 0 bridgehead atoms. The third-order valence-corrected chi connectivity index (χ3v) is 4.38. The van der Waals surface area contributed by atoms with Crippen LogP contribution in [0, 0.1) is 0 Å². The first kappa shape index (κ1) is 11.2. The van der Waals surface area contributed by atoms with Crippen molar-refractivity contribution in [3.8, 4) is 0 Å². The number of amides is 1. The maximum absolute atomic E-state index is 11.8. The standard InChI is InChI=1S/C13H15BrN2O/c14-9-1-2-11-10(7-9)13(8-12(17)16-11)3-5-15-6-4-13/h1-2,7,15H,3-6,8H2,(H,16,17). The van der Waals surface area contributed by atoms with Crippen molar-refractivity contribution in [2.24, 2.45) is 0 Å². The Kier molecular flexibility index (Phi) is 2.71. The Balaban J connectivity index is 2.11. The van der Waals surface area contributed by atoms with E-state index in [0.717, 1.165) is 36.1 Å². The number of anilines is 1. The van der Waals surface area contributed by atoms with E-state index in [1.165, 1.54) is 5.56 Å². The molecule has 1 amide bonds. The first-order chi connectivity index (χ1) is 8.20. The van der Waals surface area contributed by atoms with E-state index >= 15 is 0 Å². The van der Waals surface area contributed by atoms with Gasteiger partial charge in [0.15, 0.2) is 0 Å². The lowest BCUT2D eigenvalue weighted by Crippen LogP contribution is -2.45. The Morgan fingerprint density at radius 3 is 2.76 bits per heavy atom. The van der Waals surface area contributed by atoms with Crippen molar-refractivity contribution in [2.75, 3.05) is 18.4 Å². The number of rotatable bonds is 0. The van der Waals surface area contributed by atoms with Gasteiger partial charge in [0, 0.05) is 22.0 Å². The van der Waals surface area contributed by atoms with Gasteiger partial charge in [-0.1, -0.05) is 15.9 Å². The summed E-state index contributed by atoms with van der Waals surface area (Å²) in [5, 5.41) is 6.35. The first-order valence-electron chi connectivity index (χ1n) is 6.00. The maximum atomic E-state index is 11.8. The Morgan fingerprint density at radius 1 is 1.24 bits per heavy atom. The number of hydrogen-bond acceptors (Lipinski definition) is 2. The second-order valence-electron chi connectivity index (χ2n) is 4.95. The highest BCUT2D eigenvalue weighted by atomic mass is 79.9. The molecule has 0 atom stereocenters. The fourth-order valence-corrected chi connectivity index (χ4v) is 3.37. The van der Waals surface area contributed by atoms with E-state index in [1.807, 2.05) is 12.1 Å². The highest BCUT2D eigenvalue weighted by molar-refractivity contribution is 9.10. The number of halogens is 1. The quantitative estimate of drug-likeness (QED) is 0.772. The summed E-state index contributed by atoms with van der Waals surface area (Å²) in [5.41, 5.74) is 2.34. The summed E-state index contributed by atoms with van der Waals surface area (Å²) in [6.45, 7) is 2.00. The van der Waals surface area contributed by atoms with E-state index in [-0.39, 0.29) is 11.3 Å².